The van der Waals surface area contributed by atoms with Gasteiger partial charge in [0.2, 0.25) is 10.0 Å². The molecule has 1 heterocycles. The number of carbonyl (C=O) groups is 2. The predicted octanol–water partition coefficient (Wildman–Crippen LogP) is 3.97. The molecule has 0 bridgehead atoms. The van der Waals surface area contributed by atoms with Crippen LogP contribution in [0.2, 0.25) is 5.02 Å². The van der Waals surface area contributed by atoms with Gasteiger partial charge in [-0.15, -0.1) is 0 Å². The lowest BCUT2D eigenvalue weighted by molar-refractivity contribution is 0.101. The standard InChI is InChI=1S/C20H21ClN2O4S/c1-14(24)15-6-5-7-17(12-15)22-20(25)16-8-9-18(21)19(13-16)28(26,27)23-10-3-2-4-11-23/h5-9,12-13H,2-4,10-11H2,1H3,(H,22,25). The van der Waals surface area contributed by atoms with Crippen LogP contribution in [0.3, 0.4) is 0 Å². The quantitative estimate of drug-likeness (QED) is 0.742. The fourth-order valence-electron chi connectivity index (χ4n) is 3.11. The normalized spacial score (nSPS) is 15.2. The van der Waals surface area contributed by atoms with Crippen molar-refractivity contribution in [2.75, 3.05) is 18.4 Å². The highest BCUT2D eigenvalue weighted by atomic mass is 35.5. The minimum atomic E-state index is -3.76. The van der Waals surface area contributed by atoms with Crippen molar-refractivity contribution in [2.24, 2.45) is 0 Å². The first-order chi connectivity index (χ1) is 13.3. The number of amides is 1. The summed E-state index contributed by atoms with van der Waals surface area (Å²) in [5.74, 6) is -0.593. The van der Waals surface area contributed by atoms with Crippen molar-refractivity contribution in [3.05, 3.63) is 58.6 Å². The molecule has 6 nitrogen and oxygen atoms in total. The lowest BCUT2D eigenvalue weighted by Crippen LogP contribution is -2.35. The topological polar surface area (TPSA) is 83.5 Å². The van der Waals surface area contributed by atoms with E-state index in [0.717, 1.165) is 19.3 Å². The number of hydrogen-bond donors (Lipinski definition) is 1. The van der Waals surface area contributed by atoms with E-state index in [1.54, 1.807) is 24.3 Å². The Hall–Kier alpha value is -2.22. The van der Waals surface area contributed by atoms with Gasteiger partial charge in [-0.1, -0.05) is 30.2 Å². The Bertz CT molecular complexity index is 1010. The van der Waals surface area contributed by atoms with Crippen molar-refractivity contribution < 1.29 is 18.0 Å². The van der Waals surface area contributed by atoms with Gasteiger partial charge in [0.1, 0.15) is 4.90 Å². The Morgan fingerprint density at radius 1 is 1.00 bits per heavy atom. The second-order valence-electron chi connectivity index (χ2n) is 6.70. The number of nitrogens with zero attached hydrogens (tertiary/aromatic N) is 1. The van der Waals surface area contributed by atoms with Gasteiger partial charge in [-0.3, -0.25) is 9.59 Å². The molecule has 0 aliphatic carbocycles. The molecular formula is C20H21ClN2O4S. The number of sulfonamides is 1. The zero-order chi connectivity index (χ0) is 20.3. The fraction of sp³-hybridized carbons (Fsp3) is 0.300. The van der Waals surface area contributed by atoms with Gasteiger partial charge in [0.05, 0.1) is 5.02 Å². The van der Waals surface area contributed by atoms with Crippen LogP contribution >= 0.6 is 11.6 Å². The van der Waals surface area contributed by atoms with Gasteiger partial charge in [-0.05, 0) is 50.1 Å². The third-order valence-corrected chi connectivity index (χ3v) is 7.03. The highest BCUT2D eigenvalue weighted by molar-refractivity contribution is 7.89. The van der Waals surface area contributed by atoms with Crippen molar-refractivity contribution in [2.45, 2.75) is 31.1 Å². The summed E-state index contributed by atoms with van der Waals surface area (Å²) in [6.45, 7) is 2.34. The fourth-order valence-corrected chi connectivity index (χ4v) is 5.12. The molecule has 1 saturated heterocycles. The minimum Gasteiger partial charge on any atom is -0.322 e. The molecule has 2 aromatic carbocycles. The van der Waals surface area contributed by atoms with Gasteiger partial charge >= 0.3 is 0 Å². The molecule has 0 spiro atoms. The number of Topliss-reactive ketones (excluding diaryl/α,β-unsaturated/α-hetero) is 1. The van der Waals surface area contributed by atoms with E-state index >= 15 is 0 Å². The molecule has 0 aromatic heterocycles. The monoisotopic (exact) mass is 420 g/mol. The molecule has 1 amide bonds. The molecule has 0 radical (unpaired) electrons. The number of ketones is 1. The molecule has 1 fully saturated rings. The zero-order valence-corrected chi connectivity index (χ0v) is 17.0. The molecule has 28 heavy (non-hydrogen) atoms. The van der Waals surface area contributed by atoms with Crippen LogP contribution in [0.4, 0.5) is 5.69 Å². The summed E-state index contributed by atoms with van der Waals surface area (Å²) in [6, 6.07) is 10.7. The van der Waals surface area contributed by atoms with Gasteiger partial charge < -0.3 is 5.32 Å². The summed E-state index contributed by atoms with van der Waals surface area (Å²) < 4.78 is 27.3. The number of carbonyl (C=O) groups excluding carboxylic acids is 2. The van der Waals surface area contributed by atoms with E-state index < -0.39 is 15.9 Å². The Kier molecular flexibility index (Phi) is 6.17. The first-order valence-corrected chi connectivity index (χ1v) is 10.8. The van der Waals surface area contributed by atoms with Crippen LogP contribution in [0.15, 0.2) is 47.4 Å². The van der Waals surface area contributed by atoms with Crippen LogP contribution in [-0.2, 0) is 10.0 Å². The lowest BCUT2D eigenvalue weighted by atomic mass is 10.1. The Labute approximate surface area is 169 Å². The summed E-state index contributed by atoms with van der Waals surface area (Å²) >= 11 is 6.15. The van der Waals surface area contributed by atoms with Crippen molar-refractivity contribution in [3.8, 4) is 0 Å². The molecule has 148 valence electrons. The molecule has 2 aromatic rings. The van der Waals surface area contributed by atoms with Crippen LogP contribution in [0, 0.1) is 0 Å². The minimum absolute atomic E-state index is 0.0683. The first-order valence-electron chi connectivity index (χ1n) is 9.01. The smallest absolute Gasteiger partial charge is 0.255 e. The average molecular weight is 421 g/mol. The third kappa shape index (κ3) is 4.43. The largest absolute Gasteiger partial charge is 0.322 e. The number of nitrogens with one attached hydrogen (secondary N) is 1. The van der Waals surface area contributed by atoms with Gasteiger partial charge in [0.25, 0.3) is 5.91 Å². The average Bonchev–Trinajstić information content (AvgIpc) is 2.69. The van der Waals surface area contributed by atoms with Gasteiger partial charge in [0, 0.05) is 29.9 Å². The molecule has 0 saturated carbocycles. The van der Waals surface area contributed by atoms with Crippen molar-refractivity contribution in [1.29, 1.82) is 0 Å². The van der Waals surface area contributed by atoms with Crippen LogP contribution in [0.1, 0.15) is 46.9 Å². The predicted molar refractivity (Wildman–Crippen MR) is 108 cm³/mol. The van der Waals surface area contributed by atoms with Gasteiger partial charge in [-0.25, -0.2) is 8.42 Å². The van der Waals surface area contributed by atoms with Crippen molar-refractivity contribution >= 4 is 39.0 Å². The van der Waals surface area contributed by atoms with E-state index in [4.69, 9.17) is 11.6 Å². The molecule has 1 aliphatic rings. The molecular weight excluding hydrogens is 400 g/mol. The van der Waals surface area contributed by atoms with Crippen LogP contribution < -0.4 is 5.32 Å². The molecule has 0 atom stereocenters. The van der Waals surface area contributed by atoms with Crippen molar-refractivity contribution in [3.63, 3.8) is 0 Å². The number of hydrogen-bond acceptors (Lipinski definition) is 4. The molecule has 3 rings (SSSR count). The number of benzene rings is 2. The van der Waals surface area contributed by atoms with E-state index in [0.29, 0.717) is 24.3 Å². The second kappa shape index (κ2) is 8.43. The summed E-state index contributed by atoms with van der Waals surface area (Å²) in [5, 5.41) is 2.77. The molecule has 8 heteroatoms. The Morgan fingerprint density at radius 2 is 1.71 bits per heavy atom. The van der Waals surface area contributed by atoms with Gasteiger partial charge in [0.15, 0.2) is 5.78 Å². The van der Waals surface area contributed by atoms with Crippen LogP contribution in [-0.4, -0.2) is 37.5 Å². The number of rotatable bonds is 5. The van der Waals surface area contributed by atoms with E-state index in [1.807, 2.05) is 0 Å². The summed E-state index contributed by atoms with van der Waals surface area (Å²) in [7, 11) is -3.76. The van der Waals surface area contributed by atoms with E-state index in [1.165, 1.54) is 29.4 Å². The first kappa shape index (κ1) is 20.5. The highest BCUT2D eigenvalue weighted by Crippen LogP contribution is 2.28. The Balaban J connectivity index is 1.87. The number of halogens is 1. The number of piperidine rings is 1. The summed E-state index contributed by atoms with van der Waals surface area (Å²) in [4.78, 5) is 24.0. The maximum absolute atomic E-state index is 12.9. The van der Waals surface area contributed by atoms with E-state index in [-0.39, 0.29) is 21.3 Å². The van der Waals surface area contributed by atoms with Crippen molar-refractivity contribution in [1.82, 2.24) is 4.31 Å². The highest BCUT2D eigenvalue weighted by Gasteiger charge is 2.28. The van der Waals surface area contributed by atoms with E-state index in [2.05, 4.69) is 5.32 Å². The lowest BCUT2D eigenvalue weighted by Gasteiger charge is -2.26. The van der Waals surface area contributed by atoms with Gasteiger partial charge in [-0.2, -0.15) is 4.31 Å². The summed E-state index contributed by atoms with van der Waals surface area (Å²) in [5.41, 5.74) is 1.10. The Morgan fingerprint density at radius 3 is 2.39 bits per heavy atom. The molecule has 1 aliphatic heterocycles. The third-order valence-electron chi connectivity index (χ3n) is 4.65. The SMILES string of the molecule is CC(=O)c1cccc(NC(=O)c2ccc(Cl)c(S(=O)(=O)N3CCCCC3)c2)c1. The zero-order valence-electron chi connectivity index (χ0n) is 15.4. The second-order valence-corrected chi connectivity index (χ2v) is 9.01. The van der Waals surface area contributed by atoms with Crippen LogP contribution in [0.5, 0.6) is 0 Å². The summed E-state index contributed by atoms with van der Waals surface area (Å²) in [6.07, 6.45) is 2.62. The number of anilines is 1. The maximum Gasteiger partial charge on any atom is 0.255 e. The molecule has 0 unspecified atom stereocenters. The van der Waals surface area contributed by atoms with Crippen LogP contribution in [0.25, 0.3) is 0 Å². The maximum atomic E-state index is 12.9. The molecule has 1 N–H and O–H groups in total. The van der Waals surface area contributed by atoms with E-state index in [9.17, 15) is 18.0 Å².